The Morgan fingerprint density at radius 1 is 1.22 bits per heavy atom. The maximum Gasteiger partial charge on any atom is 0.300 e. The average molecular weight is 353 g/mol. The average Bonchev–Trinajstić information content (AvgIpc) is 3.31. The number of hydrogen-bond donors (Lipinski definition) is 2. The molecule has 0 saturated heterocycles. The standard InChI is InChI=1S/C15H17ClN4O2S/c1-10-2-6-12(7-3-10)13-14(16)17-9-18-15(13)20-23(21,22)19-8-11-4-5-11/h2-3,6-7,9,11,19H,4-5,8H2,1H3,(H,17,18,20). The summed E-state index contributed by atoms with van der Waals surface area (Å²) in [5.74, 6) is 0.606. The first kappa shape index (κ1) is 16.2. The van der Waals surface area contributed by atoms with Crippen LogP contribution in [-0.2, 0) is 10.2 Å². The second-order valence-electron chi connectivity index (χ2n) is 5.65. The van der Waals surface area contributed by atoms with Crippen molar-refractivity contribution in [1.29, 1.82) is 0 Å². The van der Waals surface area contributed by atoms with Crippen molar-refractivity contribution < 1.29 is 8.42 Å². The lowest BCUT2D eigenvalue weighted by molar-refractivity contribution is 0.583. The van der Waals surface area contributed by atoms with Gasteiger partial charge in [-0.15, -0.1) is 0 Å². The van der Waals surface area contributed by atoms with E-state index in [4.69, 9.17) is 11.6 Å². The van der Waals surface area contributed by atoms with Crippen LogP contribution in [0.1, 0.15) is 18.4 Å². The summed E-state index contributed by atoms with van der Waals surface area (Å²) in [6, 6.07) is 7.55. The van der Waals surface area contributed by atoms with E-state index < -0.39 is 10.2 Å². The van der Waals surface area contributed by atoms with Gasteiger partial charge in [-0.25, -0.2) is 9.97 Å². The summed E-state index contributed by atoms with van der Waals surface area (Å²) in [5.41, 5.74) is 2.31. The Hall–Kier alpha value is -1.70. The highest BCUT2D eigenvalue weighted by Crippen LogP contribution is 2.32. The van der Waals surface area contributed by atoms with E-state index in [-0.39, 0.29) is 11.0 Å². The molecule has 122 valence electrons. The molecule has 1 aromatic heterocycles. The first-order valence-electron chi connectivity index (χ1n) is 7.29. The minimum Gasteiger partial charge on any atom is -0.254 e. The van der Waals surface area contributed by atoms with Crippen LogP contribution in [0.2, 0.25) is 5.15 Å². The Morgan fingerprint density at radius 2 is 1.91 bits per heavy atom. The number of anilines is 1. The molecule has 2 N–H and O–H groups in total. The van der Waals surface area contributed by atoms with Crippen LogP contribution < -0.4 is 9.44 Å². The summed E-state index contributed by atoms with van der Waals surface area (Å²) in [7, 11) is -3.69. The van der Waals surface area contributed by atoms with Crippen LogP contribution in [0, 0.1) is 12.8 Å². The molecule has 0 bridgehead atoms. The van der Waals surface area contributed by atoms with E-state index in [2.05, 4.69) is 19.4 Å². The van der Waals surface area contributed by atoms with Gasteiger partial charge in [0.05, 0.1) is 5.56 Å². The number of rotatable bonds is 6. The van der Waals surface area contributed by atoms with E-state index in [1.165, 1.54) is 6.33 Å². The van der Waals surface area contributed by atoms with Crippen molar-refractivity contribution in [3.05, 3.63) is 41.3 Å². The topological polar surface area (TPSA) is 84.0 Å². The number of halogens is 1. The fourth-order valence-corrected chi connectivity index (χ4v) is 3.31. The molecule has 0 spiro atoms. The van der Waals surface area contributed by atoms with E-state index in [1.807, 2.05) is 31.2 Å². The number of aromatic nitrogens is 2. The molecule has 0 amide bonds. The molecular formula is C15H17ClN4O2S. The van der Waals surface area contributed by atoms with Gasteiger partial charge in [0.1, 0.15) is 11.5 Å². The third kappa shape index (κ3) is 4.19. The summed E-state index contributed by atoms with van der Waals surface area (Å²) >= 11 is 6.16. The lowest BCUT2D eigenvalue weighted by atomic mass is 10.1. The van der Waals surface area contributed by atoms with Crippen molar-refractivity contribution in [1.82, 2.24) is 14.7 Å². The zero-order chi connectivity index (χ0) is 16.4. The van der Waals surface area contributed by atoms with Crippen molar-refractivity contribution in [2.75, 3.05) is 11.3 Å². The van der Waals surface area contributed by atoms with Gasteiger partial charge in [0, 0.05) is 6.54 Å². The van der Waals surface area contributed by atoms with Gasteiger partial charge in [0.15, 0.2) is 5.82 Å². The molecule has 0 aliphatic heterocycles. The summed E-state index contributed by atoms with van der Waals surface area (Å²) in [6.45, 7) is 2.41. The quantitative estimate of drug-likeness (QED) is 0.783. The molecule has 1 aliphatic carbocycles. The summed E-state index contributed by atoms with van der Waals surface area (Å²) in [6.07, 6.45) is 3.37. The number of hydrogen-bond acceptors (Lipinski definition) is 4. The summed E-state index contributed by atoms with van der Waals surface area (Å²) < 4.78 is 29.3. The Morgan fingerprint density at radius 3 is 2.57 bits per heavy atom. The normalized spacial score (nSPS) is 14.7. The van der Waals surface area contributed by atoms with Gasteiger partial charge in [0.2, 0.25) is 0 Å². The van der Waals surface area contributed by atoms with Gasteiger partial charge in [0.25, 0.3) is 10.2 Å². The van der Waals surface area contributed by atoms with Gasteiger partial charge < -0.3 is 0 Å². The summed E-state index contributed by atoms with van der Waals surface area (Å²) in [5, 5.41) is 0.198. The number of nitrogens with one attached hydrogen (secondary N) is 2. The number of aryl methyl sites for hydroxylation is 1. The molecule has 0 unspecified atom stereocenters. The number of nitrogens with zero attached hydrogens (tertiary/aromatic N) is 2. The van der Waals surface area contributed by atoms with Crippen molar-refractivity contribution in [3.63, 3.8) is 0 Å². The molecular weight excluding hydrogens is 336 g/mol. The van der Waals surface area contributed by atoms with Crippen molar-refractivity contribution in [2.45, 2.75) is 19.8 Å². The molecule has 1 heterocycles. The van der Waals surface area contributed by atoms with Crippen LogP contribution in [0.4, 0.5) is 5.82 Å². The van der Waals surface area contributed by atoms with Gasteiger partial charge in [-0.05, 0) is 31.2 Å². The predicted octanol–water partition coefficient (Wildman–Crippen LogP) is 2.76. The predicted molar refractivity (Wildman–Crippen MR) is 90.5 cm³/mol. The van der Waals surface area contributed by atoms with Crippen LogP contribution in [0.3, 0.4) is 0 Å². The third-order valence-corrected chi connectivity index (χ3v) is 4.93. The van der Waals surface area contributed by atoms with Crippen LogP contribution in [0.15, 0.2) is 30.6 Å². The zero-order valence-electron chi connectivity index (χ0n) is 12.6. The first-order chi connectivity index (χ1) is 10.9. The molecule has 1 aromatic carbocycles. The molecule has 8 heteroatoms. The molecule has 2 aromatic rings. The molecule has 1 fully saturated rings. The fourth-order valence-electron chi connectivity index (χ4n) is 2.13. The van der Waals surface area contributed by atoms with E-state index in [1.54, 1.807) is 0 Å². The van der Waals surface area contributed by atoms with Gasteiger partial charge >= 0.3 is 0 Å². The van der Waals surface area contributed by atoms with Crippen LogP contribution in [0.25, 0.3) is 11.1 Å². The van der Waals surface area contributed by atoms with Crippen LogP contribution in [-0.4, -0.2) is 24.9 Å². The fraction of sp³-hybridized carbons (Fsp3) is 0.333. The lowest BCUT2D eigenvalue weighted by Gasteiger charge is -2.13. The van der Waals surface area contributed by atoms with Crippen molar-refractivity contribution >= 4 is 27.6 Å². The molecule has 6 nitrogen and oxygen atoms in total. The van der Waals surface area contributed by atoms with Crippen molar-refractivity contribution in [3.8, 4) is 11.1 Å². The van der Waals surface area contributed by atoms with E-state index in [0.29, 0.717) is 18.0 Å². The highest BCUT2D eigenvalue weighted by atomic mass is 35.5. The monoisotopic (exact) mass is 352 g/mol. The largest absolute Gasteiger partial charge is 0.300 e. The second kappa shape index (κ2) is 6.43. The lowest BCUT2D eigenvalue weighted by Crippen LogP contribution is -2.32. The van der Waals surface area contributed by atoms with Gasteiger partial charge in [-0.1, -0.05) is 41.4 Å². The van der Waals surface area contributed by atoms with Crippen LogP contribution >= 0.6 is 11.6 Å². The van der Waals surface area contributed by atoms with Gasteiger partial charge in [-0.2, -0.15) is 13.1 Å². The molecule has 1 saturated carbocycles. The maximum atomic E-state index is 12.2. The SMILES string of the molecule is Cc1ccc(-c2c(Cl)ncnc2NS(=O)(=O)NCC2CC2)cc1. The molecule has 1 aliphatic rings. The second-order valence-corrected chi connectivity index (χ2v) is 7.51. The Balaban J connectivity index is 1.89. The Kier molecular flexibility index (Phi) is 4.52. The maximum absolute atomic E-state index is 12.2. The van der Waals surface area contributed by atoms with E-state index in [9.17, 15) is 8.42 Å². The minimum atomic E-state index is -3.69. The van der Waals surface area contributed by atoms with Crippen LogP contribution in [0.5, 0.6) is 0 Å². The van der Waals surface area contributed by atoms with E-state index in [0.717, 1.165) is 24.0 Å². The molecule has 23 heavy (non-hydrogen) atoms. The first-order valence-corrected chi connectivity index (χ1v) is 9.15. The zero-order valence-corrected chi connectivity index (χ0v) is 14.2. The molecule has 0 radical (unpaired) electrons. The Labute approximate surface area is 140 Å². The highest BCUT2D eigenvalue weighted by Gasteiger charge is 2.24. The smallest absolute Gasteiger partial charge is 0.254 e. The Bertz CT molecular complexity index is 805. The molecule has 0 atom stereocenters. The summed E-state index contributed by atoms with van der Waals surface area (Å²) in [4.78, 5) is 7.99. The third-order valence-electron chi connectivity index (χ3n) is 3.63. The molecule has 3 rings (SSSR count). The van der Waals surface area contributed by atoms with Crippen molar-refractivity contribution in [2.24, 2.45) is 5.92 Å². The van der Waals surface area contributed by atoms with Gasteiger partial charge in [-0.3, -0.25) is 4.72 Å². The highest BCUT2D eigenvalue weighted by molar-refractivity contribution is 7.90. The number of benzene rings is 1. The van der Waals surface area contributed by atoms with E-state index >= 15 is 0 Å². The minimum absolute atomic E-state index is 0.164.